The molecular formula is C33H56O4. The summed E-state index contributed by atoms with van der Waals surface area (Å²) in [4.78, 5) is 0. The van der Waals surface area contributed by atoms with Gasteiger partial charge in [0.25, 0.3) is 0 Å². The molecule has 0 heterocycles. The van der Waals surface area contributed by atoms with E-state index in [0.29, 0.717) is 53.1 Å². The molecule has 37 heavy (non-hydrogen) atoms. The van der Waals surface area contributed by atoms with Crippen molar-refractivity contribution >= 4 is 0 Å². The van der Waals surface area contributed by atoms with Gasteiger partial charge in [0.1, 0.15) is 0 Å². The van der Waals surface area contributed by atoms with Crippen molar-refractivity contribution in [1.29, 1.82) is 0 Å². The molecule has 4 heteroatoms. The van der Waals surface area contributed by atoms with Crippen LogP contribution in [0.4, 0.5) is 0 Å². The average molecular weight is 517 g/mol. The summed E-state index contributed by atoms with van der Waals surface area (Å²) >= 11 is 0. The Balaban J connectivity index is 1.48. The molecule has 5 aliphatic carbocycles. The molecule has 0 spiro atoms. The molecular weight excluding hydrogens is 460 g/mol. The fourth-order valence-electron chi connectivity index (χ4n) is 12.1. The normalized spacial score (nSPS) is 50.5. The molecule has 2 N–H and O–H groups in total. The number of hydrogen-bond acceptors (Lipinski definition) is 4. The summed E-state index contributed by atoms with van der Waals surface area (Å²) in [7, 11) is 0. The number of ether oxygens (including phenoxy) is 2. The maximum absolute atomic E-state index is 9.65. The van der Waals surface area contributed by atoms with Crippen LogP contribution in [0.15, 0.2) is 12.2 Å². The smallest absolute Gasteiger partial charge is 0.0720 e. The number of fused-ring (bicyclic) bond motifs is 7. The van der Waals surface area contributed by atoms with Crippen LogP contribution in [0, 0.1) is 51.2 Å². The van der Waals surface area contributed by atoms with E-state index in [1.807, 2.05) is 0 Å². The molecule has 10 atom stereocenters. The lowest BCUT2D eigenvalue weighted by atomic mass is 9.33. The molecule has 0 bridgehead atoms. The van der Waals surface area contributed by atoms with Gasteiger partial charge in [-0.2, -0.15) is 0 Å². The van der Waals surface area contributed by atoms with E-state index in [4.69, 9.17) is 9.47 Å². The summed E-state index contributed by atoms with van der Waals surface area (Å²) in [5.74, 6) is 3.17. The van der Waals surface area contributed by atoms with Gasteiger partial charge in [-0.1, -0.05) is 46.8 Å². The summed E-state index contributed by atoms with van der Waals surface area (Å²) in [6, 6.07) is 0. The third-order valence-corrected chi connectivity index (χ3v) is 13.8. The number of allylic oxidation sites excluding steroid dienone is 1. The quantitative estimate of drug-likeness (QED) is 0.366. The van der Waals surface area contributed by atoms with Crippen LogP contribution in [0.2, 0.25) is 0 Å². The first-order valence-corrected chi connectivity index (χ1v) is 15.5. The van der Waals surface area contributed by atoms with Crippen molar-refractivity contribution in [3.8, 4) is 0 Å². The van der Waals surface area contributed by atoms with Crippen molar-refractivity contribution in [2.24, 2.45) is 51.2 Å². The van der Waals surface area contributed by atoms with Crippen molar-refractivity contribution in [1.82, 2.24) is 0 Å². The monoisotopic (exact) mass is 516 g/mol. The summed E-state index contributed by atoms with van der Waals surface area (Å²) in [6.07, 6.45) is 12.6. The predicted molar refractivity (Wildman–Crippen MR) is 149 cm³/mol. The first-order valence-electron chi connectivity index (χ1n) is 15.5. The molecule has 0 saturated heterocycles. The average Bonchev–Trinajstić information content (AvgIpc) is 3.23. The molecule has 0 aromatic heterocycles. The van der Waals surface area contributed by atoms with E-state index in [0.717, 1.165) is 25.2 Å². The maximum atomic E-state index is 9.65. The van der Waals surface area contributed by atoms with Crippen molar-refractivity contribution < 1.29 is 19.7 Å². The highest BCUT2D eigenvalue weighted by Gasteiger charge is 2.71. The van der Waals surface area contributed by atoms with E-state index in [9.17, 15) is 10.2 Å². The van der Waals surface area contributed by atoms with Crippen LogP contribution in [0.25, 0.3) is 0 Å². The molecule has 5 rings (SSSR count). The third-order valence-electron chi connectivity index (χ3n) is 13.8. The van der Waals surface area contributed by atoms with Crippen molar-refractivity contribution in [3.05, 3.63) is 12.2 Å². The number of hydrogen-bond donors (Lipinski definition) is 2. The SMILES string of the molecule is C=C(C)[C@@H]1CC[C@]2(OCCO)CC[C@]3(C)[C@H](CC[C@@H]4[C@@]5(C)CC[C@H](OCCO)C(C)(C)[C@@H]5CC[C@]43C)[C@@H]12. The van der Waals surface area contributed by atoms with Gasteiger partial charge in [-0.25, -0.2) is 0 Å². The zero-order valence-electron chi connectivity index (χ0n) is 24.8. The van der Waals surface area contributed by atoms with E-state index in [1.54, 1.807) is 0 Å². The van der Waals surface area contributed by atoms with Gasteiger partial charge in [-0.15, -0.1) is 0 Å². The van der Waals surface area contributed by atoms with Gasteiger partial charge >= 0.3 is 0 Å². The van der Waals surface area contributed by atoms with Gasteiger partial charge in [0.05, 0.1) is 38.1 Å². The van der Waals surface area contributed by atoms with E-state index in [-0.39, 0.29) is 30.3 Å². The Labute approximate surface area is 227 Å². The zero-order chi connectivity index (χ0) is 26.9. The topological polar surface area (TPSA) is 58.9 Å². The number of aliphatic hydroxyl groups is 2. The van der Waals surface area contributed by atoms with Gasteiger partial charge in [0, 0.05) is 0 Å². The van der Waals surface area contributed by atoms with Gasteiger partial charge in [-0.05, 0) is 122 Å². The van der Waals surface area contributed by atoms with E-state index < -0.39 is 0 Å². The molecule has 212 valence electrons. The minimum Gasteiger partial charge on any atom is -0.394 e. The lowest BCUT2D eigenvalue weighted by Gasteiger charge is -2.73. The van der Waals surface area contributed by atoms with E-state index in [1.165, 1.54) is 50.5 Å². The molecule has 0 unspecified atom stereocenters. The minimum absolute atomic E-state index is 0.0646. The largest absolute Gasteiger partial charge is 0.394 e. The van der Waals surface area contributed by atoms with Gasteiger partial charge in [0.2, 0.25) is 0 Å². The molecule has 0 aliphatic heterocycles. The fraction of sp³-hybridized carbons (Fsp3) is 0.939. The first kappa shape index (κ1) is 28.1. The molecule has 4 nitrogen and oxygen atoms in total. The predicted octanol–water partition coefficient (Wildman–Crippen LogP) is 6.78. The van der Waals surface area contributed by atoms with Gasteiger partial charge < -0.3 is 19.7 Å². The lowest BCUT2D eigenvalue weighted by molar-refractivity contribution is -0.262. The van der Waals surface area contributed by atoms with Crippen LogP contribution in [0.5, 0.6) is 0 Å². The van der Waals surface area contributed by atoms with Crippen molar-refractivity contribution in [3.63, 3.8) is 0 Å². The fourth-order valence-corrected chi connectivity index (χ4v) is 12.1. The van der Waals surface area contributed by atoms with Crippen LogP contribution < -0.4 is 0 Å². The standard InChI is InChI=1S/C33H56O4/c1-22(2)23-10-15-33(37-21-19-35)17-16-31(6)24(28(23)33)8-9-26-30(5)13-12-27(36-20-18-34)29(3,4)25(30)11-14-32(26,31)7/h23-28,34-35H,1,8-21H2,2-7H3/t23-,24+,25-,26+,27-,28+,30-,31+,32+,33-/m0/s1. The van der Waals surface area contributed by atoms with Crippen LogP contribution in [0.3, 0.4) is 0 Å². The highest BCUT2D eigenvalue weighted by atomic mass is 16.5. The Morgan fingerprint density at radius 2 is 1.51 bits per heavy atom. The highest BCUT2D eigenvalue weighted by Crippen LogP contribution is 2.76. The molecule has 5 aliphatic rings. The third kappa shape index (κ3) is 3.89. The Hall–Kier alpha value is -0.420. The Kier molecular flexibility index (Phi) is 7.29. The number of aliphatic hydroxyl groups excluding tert-OH is 2. The van der Waals surface area contributed by atoms with E-state index in [2.05, 4.69) is 48.1 Å². The second-order valence-corrected chi connectivity index (χ2v) is 15.3. The Bertz CT molecular complexity index is 868. The molecule has 0 radical (unpaired) electrons. The van der Waals surface area contributed by atoms with Crippen LogP contribution in [-0.2, 0) is 9.47 Å². The molecule has 5 fully saturated rings. The summed E-state index contributed by atoms with van der Waals surface area (Å²) in [5, 5.41) is 19.1. The van der Waals surface area contributed by atoms with Crippen LogP contribution >= 0.6 is 0 Å². The Morgan fingerprint density at radius 3 is 2.19 bits per heavy atom. The molecule has 0 amide bonds. The summed E-state index contributed by atoms with van der Waals surface area (Å²) in [5.41, 5.74) is 2.40. The number of rotatable bonds is 7. The van der Waals surface area contributed by atoms with Gasteiger partial charge in [-0.3, -0.25) is 0 Å². The second-order valence-electron chi connectivity index (χ2n) is 15.3. The van der Waals surface area contributed by atoms with Crippen molar-refractivity contribution in [2.75, 3.05) is 26.4 Å². The van der Waals surface area contributed by atoms with Crippen LogP contribution in [-0.4, -0.2) is 48.3 Å². The molecule has 0 aromatic carbocycles. The maximum Gasteiger partial charge on any atom is 0.0720 e. The zero-order valence-corrected chi connectivity index (χ0v) is 24.8. The van der Waals surface area contributed by atoms with Crippen LogP contribution in [0.1, 0.15) is 106 Å². The molecule has 5 saturated carbocycles. The minimum atomic E-state index is -0.0646. The first-order chi connectivity index (χ1) is 17.4. The summed E-state index contributed by atoms with van der Waals surface area (Å²) < 4.78 is 12.9. The van der Waals surface area contributed by atoms with Gasteiger partial charge in [0.15, 0.2) is 0 Å². The summed E-state index contributed by atoms with van der Waals surface area (Å²) in [6.45, 7) is 20.8. The second kappa shape index (κ2) is 9.60. The van der Waals surface area contributed by atoms with Crippen molar-refractivity contribution in [2.45, 2.75) is 117 Å². The molecule has 0 aromatic rings. The van der Waals surface area contributed by atoms with E-state index >= 15 is 0 Å². The highest BCUT2D eigenvalue weighted by molar-refractivity contribution is 5.22. The Morgan fingerprint density at radius 1 is 0.784 bits per heavy atom. The lowest BCUT2D eigenvalue weighted by Crippen LogP contribution is -2.67.